The standard InChI is InChI=1S/C15H16BNO/c1-17(14-5-3-4-13(16)10-14)11-12-6-8-15(18-2)9-7-12/h3-10H,11H2,1-2H3. The van der Waals surface area contributed by atoms with E-state index in [1.165, 1.54) is 5.56 Å². The number of ether oxygens (including phenoxy) is 1. The number of anilines is 1. The molecule has 0 fully saturated rings. The van der Waals surface area contributed by atoms with Crippen LogP contribution < -0.4 is 15.1 Å². The van der Waals surface area contributed by atoms with E-state index in [2.05, 4.69) is 30.1 Å². The van der Waals surface area contributed by atoms with Crippen molar-refractivity contribution in [2.45, 2.75) is 6.54 Å². The molecule has 0 atom stereocenters. The first-order chi connectivity index (χ1) is 8.69. The van der Waals surface area contributed by atoms with Gasteiger partial charge in [-0.1, -0.05) is 29.7 Å². The molecule has 0 N–H and O–H groups in total. The Morgan fingerprint density at radius 1 is 1.11 bits per heavy atom. The van der Waals surface area contributed by atoms with Crippen molar-refractivity contribution in [1.82, 2.24) is 0 Å². The molecule has 0 heterocycles. The van der Waals surface area contributed by atoms with Gasteiger partial charge in [0.05, 0.1) is 7.11 Å². The highest BCUT2D eigenvalue weighted by molar-refractivity contribution is 6.32. The smallest absolute Gasteiger partial charge is 0.118 e. The molecule has 0 spiro atoms. The summed E-state index contributed by atoms with van der Waals surface area (Å²) in [5.74, 6) is 0.880. The quantitative estimate of drug-likeness (QED) is 0.755. The predicted molar refractivity (Wildman–Crippen MR) is 76.9 cm³/mol. The lowest BCUT2D eigenvalue weighted by atomic mass is 9.96. The van der Waals surface area contributed by atoms with Crippen LogP contribution >= 0.6 is 0 Å². The zero-order chi connectivity index (χ0) is 13.0. The average molecular weight is 237 g/mol. The van der Waals surface area contributed by atoms with E-state index in [1.54, 1.807) is 7.11 Å². The summed E-state index contributed by atoms with van der Waals surface area (Å²) in [7, 11) is 9.51. The molecule has 0 aromatic heterocycles. The lowest BCUT2D eigenvalue weighted by Gasteiger charge is -2.20. The van der Waals surface area contributed by atoms with Gasteiger partial charge in [-0.25, -0.2) is 0 Å². The van der Waals surface area contributed by atoms with Gasteiger partial charge in [-0.2, -0.15) is 0 Å². The minimum absolute atomic E-state index is 0.786. The maximum absolute atomic E-state index is 5.78. The molecule has 0 saturated heterocycles. The van der Waals surface area contributed by atoms with Crippen LogP contribution in [0.3, 0.4) is 0 Å². The van der Waals surface area contributed by atoms with E-state index in [0.29, 0.717) is 0 Å². The third kappa shape index (κ3) is 3.07. The van der Waals surface area contributed by atoms with Crippen LogP contribution in [0.25, 0.3) is 0 Å². The molecule has 2 radical (unpaired) electrons. The van der Waals surface area contributed by atoms with Crippen molar-refractivity contribution >= 4 is 19.0 Å². The molecule has 90 valence electrons. The molecule has 0 bridgehead atoms. The molecule has 18 heavy (non-hydrogen) atoms. The maximum Gasteiger partial charge on any atom is 0.118 e. The first-order valence-corrected chi connectivity index (χ1v) is 5.88. The molecule has 0 aliphatic carbocycles. The zero-order valence-corrected chi connectivity index (χ0v) is 10.8. The molecule has 2 aromatic rings. The lowest BCUT2D eigenvalue weighted by molar-refractivity contribution is 0.414. The first-order valence-electron chi connectivity index (χ1n) is 5.88. The molecule has 0 saturated carbocycles. The van der Waals surface area contributed by atoms with Gasteiger partial charge in [0.2, 0.25) is 0 Å². The molecule has 2 rings (SSSR count). The van der Waals surface area contributed by atoms with Gasteiger partial charge in [0.1, 0.15) is 13.6 Å². The highest BCUT2D eigenvalue weighted by Gasteiger charge is 2.02. The molecule has 0 aliphatic rings. The Morgan fingerprint density at radius 2 is 1.83 bits per heavy atom. The number of rotatable bonds is 4. The van der Waals surface area contributed by atoms with Gasteiger partial charge in [0.25, 0.3) is 0 Å². The third-order valence-corrected chi connectivity index (χ3v) is 2.89. The van der Waals surface area contributed by atoms with Gasteiger partial charge < -0.3 is 9.64 Å². The van der Waals surface area contributed by atoms with Crippen molar-refractivity contribution in [3.05, 3.63) is 54.1 Å². The monoisotopic (exact) mass is 237 g/mol. The zero-order valence-electron chi connectivity index (χ0n) is 10.8. The molecular weight excluding hydrogens is 221 g/mol. The Labute approximate surface area is 110 Å². The summed E-state index contributed by atoms with van der Waals surface area (Å²) in [5.41, 5.74) is 3.14. The Balaban J connectivity index is 2.08. The summed E-state index contributed by atoms with van der Waals surface area (Å²) < 4.78 is 5.14. The van der Waals surface area contributed by atoms with E-state index in [4.69, 9.17) is 12.6 Å². The van der Waals surface area contributed by atoms with Crippen molar-refractivity contribution in [2.24, 2.45) is 0 Å². The summed E-state index contributed by atoms with van der Waals surface area (Å²) >= 11 is 0. The van der Waals surface area contributed by atoms with Gasteiger partial charge in [-0.3, -0.25) is 0 Å². The third-order valence-electron chi connectivity index (χ3n) is 2.89. The fourth-order valence-electron chi connectivity index (χ4n) is 1.86. The van der Waals surface area contributed by atoms with Crippen molar-refractivity contribution in [3.8, 4) is 5.75 Å². The van der Waals surface area contributed by atoms with Crippen LogP contribution in [-0.4, -0.2) is 22.0 Å². The molecular formula is C15H16BNO. The summed E-state index contributed by atoms with van der Waals surface area (Å²) in [4.78, 5) is 2.16. The van der Waals surface area contributed by atoms with Crippen LogP contribution in [0.2, 0.25) is 0 Å². The first kappa shape index (κ1) is 12.6. The van der Waals surface area contributed by atoms with Crippen LogP contribution in [0, 0.1) is 0 Å². The van der Waals surface area contributed by atoms with E-state index >= 15 is 0 Å². The Hall–Kier alpha value is -1.90. The normalized spacial score (nSPS) is 10.1. The molecule has 2 nitrogen and oxygen atoms in total. The van der Waals surface area contributed by atoms with Crippen LogP contribution in [0.4, 0.5) is 5.69 Å². The van der Waals surface area contributed by atoms with E-state index in [-0.39, 0.29) is 0 Å². The molecule has 0 unspecified atom stereocenters. The van der Waals surface area contributed by atoms with Crippen molar-refractivity contribution in [2.75, 3.05) is 19.1 Å². The van der Waals surface area contributed by atoms with Crippen LogP contribution in [0.1, 0.15) is 5.56 Å². The van der Waals surface area contributed by atoms with Gasteiger partial charge in [-0.05, 0) is 29.8 Å². The van der Waals surface area contributed by atoms with Crippen LogP contribution in [-0.2, 0) is 6.54 Å². The SMILES string of the molecule is [B]c1cccc(N(C)Cc2ccc(OC)cc2)c1. The number of nitrogens with zero attached hydrogens (tertiary/aromatic N) is 1. The van der Waals surface area contributed by atoms with Gasteiger partial charge in [-0.15, -0.1) is 0 Å². The second-order valence-electron chi connectivity index (χ2n) is 4.30. The van der Waals surface area contributed by atoms with Crippen molar-refractivity contribution in [3.63, 3.8) is 0 Å². The van der Waals surface area contributed by atoms with E-state index < -0.39 is 0 Å². The van der Waals surface area contributed by atoms with Gasteiger partial charge in [0, 0.05) is 19.3 Å². The van der Waals surface area contributed by atoms with Crippen LogP contribution in [0.15, 0.2) is 48.5 Å². The fraction of sp³-hybridized carbons (Fsp3) is 0.200. The highest BCUT2D eigenvalue weighted by Crippen LogP contribution is 2.16. The Bertz CT molecular complexity index is 510. The van der Waals surface area contributed by atoms with Crippen molar-refractivity contribution < 1.29 is 4.74 Å². The molecule has 0 amide bonds. The number of hydrogen-bond acceptors (Lipinski definition) is 2. The van der Waals surface area contributed by atoms with Crippen molar-refractivity contribution in [1.29, 1.82) is 0 Å². The molecule has 2 aromatic carbocycles. The Morgan fingerprint density at radius 3 is 2.44 bits per heavy atom. The Kier molecular flexibility index (Phi) is 3.93. The maximum atomic E-state index is 5.78. The predicted octanol–water partition coefficient (Wildman–Crippen LogP) is 2.13. The number of benzene rings is 2. The summed E-state index contributed by atoms with van der Waals surface area (Å²) in [6.45, 7) is 0.841. The van der Waals surface area contributed by atoms with Gasteiger partial charge in [0.15, 0.2) is 0 Å². The largest absolute Gasteiger partial charge is 0.497 e. The summed E-state index contributed by atoms with van der Waals surface area (Å²) in [5, 5.41) is 0. The number of hydrogen-bond donors (Lipinski definition) is 0. The van der Waals surface area contributed by atoms with Gasteiger partial charge >= 0.3 is 0 Å². The second-order valence-corrected chi connectivity index (χ2v) is 4.30. The topological polar surface area (TPSA) is 12.5 Å². The molecule has 3 heteroatoms. The summed E-state index contributed by atoms with van der Waals surface area (Å²) in [6, 6.07) is 16.0. The lowest BCUT2D eigenvalue weighted by Crippen LogP contribution is -2.18. The van der Waals surface area contributed by atoms with E-state index in [0.717, 1.165) is 23.4 Å². The van der Waals surface area contributed by atoms with E-state index in [1.807, 2.05) is 30.3 Å². The number of methoxy groups -OCH3 is 1. The second kappa shape index (κ2) is 5.63. The fourth-order valence-corrected chi connectivity index (χ4v) is 1.86. The highest BCUT2D eigenvalue weighted by atomic mass is 16.5. The average Bonchev–Trinajstić information content (AvgIpc) is 2.39. The van der Waals surface area contributed by atoms with E-state index in [9.17, 15) is 0 Å². The van der Waals surface area contributed by atoms with Crippen LogP contribution in [0.5, 0.6) is 5.75 Å². The summed E-state index contributed by atoms with van der Waals surface area (Å²) in [6.07, 6.45) is 0. The molecule has 0 aliphatic heterocycles. The minimum Gasteiger partial charge on any atom is -0.497 e. The minimum atomic E-state index is 0.786.